The fraction of sp³-hybridized carbons (Fsp3) is 0.333. The molecule has 0 unspecified atom stereocenters. The summed E-state index contributed by atoms with van der Waals surface area (Å²) in [5, 5.41) is 11.1. The molecule has 1 aliphatic heterocycles. The maximum absolute atomic E-state index is 13.5. The van der Waals surface area contributed by atoms with Crippen molar-refractivity contribution in [3.63, 3.8) is 0 Å². The molecular formula is C24H26FNO2. The molecule has 0 saturated carbocycles. The molecule has 1 aliphatic rings. The van der Waals surface area contributed by atoms with Crippen LogP contribution in [0, 0.1) is 5.82 Å². The Morgan fingerprint density at radius 1 is 1.14 bits per heavy atom. The third-order valence-electron chi connectivity index (χ3n) is 5.35. The largest absolute Gasteiger partial charge is 0.393 e. The first kappa shape index (κ1) is 18.9. The van der Waals surface area contributed by atoms with Gasteiger partial charge in [-0.1, -0.05) is 36.4 Å². The number of nitrogens with zero attached hydrogens (tertiary/aromatic N) is 1. The molecule has 0 spiro atoms. The molecule has 146 valence electrons. The van der Waals surface area contributed by atoms with Crippen LogP contribution in [0.15, 0.2) is 54.6 Å². The Hall–Kier alpha value is -2.43. The van der Waals surface area contributed by atoms with Crippen molar-refractivity contribution in [2.24, 2.45) is 0 Å². The Labute approximate surface area is 165 Å². The van der Waals surface area contributed by atoms with Crippen molar-refractivity contribution in [3.8, 4) is 11.1 Å². The fourth-order valence-electron chi connectivity index (χ4n) is 4.07. The summed E-state index contributed by atoms with van der Waals surface area (Å²) < 4.78 is 21.6. The van der Waals surface area contributed by atoms with E-state index in [1.807, 2.05) is 30.3 Å². The minimum absolute atomic E-state index is 0.0940. The maximum atomic E-state index is 13.5. The number of aliphatic hydroxyl groups is 1. The normalized spacial score (nSPS) is 20.5. The Balaban J connectivity index is 1.88. The molecule has 3 aromatic rings. The highest BCUT2D eigenvalue weighted by Gasteiger charge is 2.21. The Bertz CT molecular complexity index is 988. The van der Waals surface area contributed by atoms with E-state index in [2.05, 4.69) is 36.6 Å². The van der Waals surface area contributed by atoms with Crippen LogP contribution >= 0.6 is 0 Å². The van der Waals surface area contributed by atoms with E-state index in [0.29, 0.717) is 19.4 Å². The van der Waals surface area contributed by atoms with Gasteiger partial charge in [-0.05, 0) is 50.1 Å². The lowest BCUT2D eigenvalue weighted by Gasteiger charge is -2.24. The minimum atomic E-state index is -0.309. The SMILES string of the molecule is CC(C)n1c(/C=C/[C@@H]2C[C@H](O)CCO2)c(-c2ccc(F)cc2)c2ccccc21. The fourth-order valence-corrected chi connectivity index (χ4v) is 4.07. The summed E-state index contributed by atoms with van der Waals surface area (Å²) in [6, 6.07) is 15.3. The molecule has 0 bridgehead atoms. The summed E-state index contributed by atoms with van der Waals surface area (Å²) in [4.78, 5) is 0. The number of benzene rings is 2. The van der Waals surface area contributed by atoms with Crippen LogP contribution in [-0.4, -0.2) is 28.5 Å². The van der Waals surface area contributed by atoms with Crippen LogP contribution in [0.5, 0.6) is 0 Å². The number of halogens is 1. The highest BCUT2D eigenvalue weighted by atomic mass is 19.1. The van der Waals surface area contributed by atoms with Crippen LogP contribution in [0.1, 0.15) is 38.4 Å². The number of aromatic nitrogens is 1. The van der Waals surface area contributed by atoms with Crippen molar-refractivity contribution in [1.29, 1.82) is 0 Å². The minimum Gasteiger partial charge on any atom is -0.393 e. The van der Waals surface area contributed by atoms with Crippen molar-refractivity contribution in [2.75, 3.05) is 6.61 Å². The Kier molecular flexibility index (Phi) is 5.33. The second-order valence-electron chi connectivity index (χ2n) is 7.69. The number of para-hydroxylation sites is 1. The van der Waals surface area contributed by atoms with Gasteiger partial charge in [-0.25, -0.2) is 4.39 Å². The third-order valence-corrected chi connectivity index (χ3v) is 5.35. The van der Waals surface area contributed by atoms with E-state index in [-0.39, 0.29) is 24.1 Å². The number of hydrogen-bond acceptors (Lipinski definition) is 2. The molecule has 1 aromatic heterocycles. The second-order valence-corrected chi connectivity index (χ2v) is 7.69. The predicted octanol–water partition coefficient (Wildman–Crippen LogP) is 5.58. The lowest BCUT2D eigenvalue weighted by molar-refractivity contribution is -0.0207. The lowest BCUT2D eigenvalue weighted by atomic mass is 10.0. The Morgan fingerprint density at radius 3 is 2.61 bits per heavy atom. The lowest BCUT2D eigenvalue weighted by Crippen LogP contribution is -2.27. The second kappa shape index (κ2) is 7.90. The van der Waals surface area contributed by atoms with Gasteiger partial charge in [0.2, 0.25) is 0 Å². The molecule has 0 aliphatic carbocycles. The van der Waals surface area contributed by atoms with E-state index < -0.39 is 0 Å². The van der Waals surface area contributed by atoms with Gasteiger partial charge < -0.3 is 14.4 Å². The predicted molar refractivity (Wildman–Crippen MR) is 112 cm³/mol. The number of fused-ring (bicyclic) bond motifs is 1. The summed E-state index contributed by atoms with van der Waals surface area (Å²) in [7, 11) is 0. The van der Waals surface area contributed by atoms with Crippen LogP contribution in [0.4, 0.5) is 4.39 Å². The van der Waals surface area contributed by atoms with E-state index in [0.717, 1.165) is 27.7 Å². The van der Waals surface area contributed by atoms with Gasteiger partial charge in [0.15, 0.2) is 0 Å². The van der Waals surface area contributed by atoms with Crippen molar-refractivity contribution < 1.29 is 14.2 Å². The summed E-state index contributed by atoms with van der Waals surface area (Å²) in [6.45, 7) is 4.91. The first-order valence-electron chi connectivity index (χ1n) is 9.91. The van der Waals surface area contributed by atoms with Crippen LogP contribution < -0.4 is 0 Å². The topological polar surface area (TPSA) is 34.4 Å². The molecule has 2 aromatic carbocycles. The number of aliphatic hydroxyl groups excluding tert-OH is 1. The van der Waals surface area contributed by atoms with Crippen LogP contribution in [0.3, 0.4) is 0 Å². The van der Waals surface area contributed by atoms with Crippen LogP contribution in [-0.2, 0) is 4.74 Å². The molecule has 4 heteroatoms. The number of ether oxygens (including phenoxy) is 1. The summed E-state index contributed by atoms with van der Waals surface area (Å²) >= 11 is 0. The van der Waals surface area contributed by atoms with Gasteiger partial charge in [-0.15, -0.1) is 0 Å². The van der Waals surface area contributed by atoms with E-state index in [4.69, 9.17) is 4.74 Å². The zero-order valence-corrected chi connectivity index (χ0v) is 16.3. The molecule has 3 nitrogen and oxygen atoms in total. The molecule has 28 heavy (non-hydrogen) atoms. The van der Waals surface area contributed by atoms with Gasteiger partial charge in [0.1, 0.15) is 5.82 Å². The molecule has 4 rings (SSSR count). The van der Waals surface area contributed by atoms with Crippen molar-refractivity contribution in [2.45, 2.75) is 44.9 Å². The van der Waals surface area contributed by atoms with Gasteiger partial charge in [0.05, 0.1) is 12.2 Å². The first-order valence-corrected chi connectivity index (χ1v) is 9.91. The van der Waals surface area contributed by atoms with E-state index >= 15 is 0 Å². The number of hydrogen-bond donors (Lipinski definition) is 1. The molecule has 2 atom stereocenters. The Morgan fingerprint density at radius 2 is 1.89 bits per heavy atom. The summed E-state index contributed by atoms with van der Waals surface area (Å²) in [5.41, 5.74) is 4.31. The van der Waals surface area contributed by atoms with Crippen LogP contribution in [0.25, 0.3) is 28.1 Å². The molecule has 1 N–H and O–H groups in total. The standard InChI is InChI=1S/C24H26FNO2/c1-16(2)26-22-6-4-3-5-21(22)24(17-7-9-18(25)10-8-17)23(26)12-11-20-15-19(27)13-14-28-20/h3-12,16,19-20,27H,13-15H2,1-2H3/b12-11+/t19-,20-/m1/s1. The number of rotatable bonds is 4. The monoisotopic (exact) mass is 379 g/mol. The quantitative estimate of drug-likeness (QED) is 0.642. The van der Waals surface area contributed by atoms with Gasteiger partial charge in [-0.3, -0.25) is 0 Å². The smallest absolute Gasteiger partial charge is 0.123 e. The molecular weight excluding hydrogens is 353 g/mol. The molecule has 1 fully saturated rings. The van der Waals surface area contributed by atoms with Gasteiger partial charge in [-0.2, -0.15) is 0 Å². The summed E-state index contributed by atoms with van der Waals surface area (Å²) in [5.74, 6) is -0.238. The van der Waals surface area contributed by atoms with Crippen molar-refractivity contribution >= 4 is 17.0 Å². The highest BCUT2D eigenvalue weighted by molar-refractivity contribution is 6.01. The molecule has 0 amide bonds. The van der Waals surface area contributed by atoms with E-state index in [9.17, 15) is 9.50 Å². The first-order chi connectivity index (χ1) is 13.5. The molecule has 0 radical (unpaired) electrons. The zero-order valence-electron chi connectivity index (χ0n) is 16.3. The van der Waals surface area contributed by atoms with Gasteiger partial charge >= 0.3 is 0 Å². The summed E-state index contributed by atoms with van der Waals surface area (Å²) in [6.07, 6.45) is 5.05. The third kappa shape index (κ3) is 3.62. The van der Waals surface area contributed by atoms with Crippen LogP contribution in [0.2, 0.25) is 0 Å². The zero-order chi connectivity index (χ0) is 19.7. The highest BCUT2D eigenvalue weighted by Crippen LogP contribution is 2.38. The van der Waals surface area contributed by atoms with Gasteiger partial charge in [0, 0.05) is 41.2 Å². The average molecular weight is 379 g/mol. The van der Waals surface area contributed by atoms with Crippen molar-refractivity contribution in [1.82, 2.24) is 4.57 Å². The maximum Gasteiger partial charge on any atom is 0.123 e. The average Bonchev–Trinajstić information content (AvgIpc) is 3.01. The molecule has 2 heterocycles. The van der Waals surface area contributed by atoms with E-state index in [1.54, 1.807) is 0 Å². The van der Waals surface area contributed by atoms with Crippen molar-refractivity contribution in [3.05, 3.63) is 66.1 Å². The molecule has 1 saturated heterocycles. The van der Waals surface area contributed by atoms with E-state index in [1.165, 1.54) is 12.1 Å². The van der Waals surface area contributed by atoms with Gasteiger partial charge in [0.25, 0.3) is 0 Å².